The Hall–Kier alpha value is -0.870. The van der Waals surface area contributed by atoms with E-state index >= 15 is 0 Å². The van der Waals surface area contributed by atoms with Crippen LogP contribution in [0.4, 0.5) is 0 Å². The third-order valence-electron chi connectivity index (χ3n) is 3.41. The van der Waals surface area contributed by atoms with Crippen molar-refractivity contribution in [1.82, 2.24) is 15.2 Å². The number of nitrogens with zero attached hydrogens (tertiary/aromatic N) is 2. The molecule has 3 rings (SSSR count). The Morgan fingerprint density at radius 2 is 2.06 bits per heavy atom. The molecule has 94 valence electrons. The number of hydrogen-bond acceptors (Lipinski definition) is 2. The summed E-state index contributed by atoms with van der Waals surface area (Å²) in [4.78, 5) is 4.61. The van der Waals surface area contributed by atoms with E-state index in [1.165, 1.54) is 25.7 Å². The van der Waals surface area contributed by atoms with Crippen molar-refractivity contribution < 1.29 is 0 Å². The lowest BCUT2D eigenvalue weighted by Gasteiger charge is -2.02. The summed E-state index contributed by atoms with van der Waals surface area (Å²) in [5, 5.41) is 8.07. The second kappa shape index (κ2) is 5.02. The van der Waals surface area contributed by atoms with Crippen LogP contribution in [0.3, 0.4) is 0 Å². The smallest absolute Gasteiger partial charge is 0.182 e. The van der Waals surface area contributed by atoms with Crippen molar-refractivity contribution in [3.8, 4) is 11.4 Å². The molecule has 0 unspecified atom stereocenters. The summed E-state index contributed by atoms with van der Waals surface area (Å²) in [7, 11) is 0. The lowest BCUT2D eigenvalue weighted by molar-refractivity contribution is 0.672. The van der Waals surface area contributed by atoms with Gasteiger partial charge >= 0.3 is 0 Å². The zero-order valence-electron chi connectivity index (χ0n) is 9.79. The van der Waals surface area contributed by atoms with Gasteiger partial charge in [-0.05, 0) is 31.0 Å². The minimum absolute atomic E-state index is 0.546. The summed E-state index contributed by atoms with van der Waals surface area (Å²) in [5.74, 6) is 2.27. The van der Waals surface area contributed by atoms with Gasteiger partial charge in [-0.25, -0.2) is 4.98 Å². The molecular weight excluding hydrogens is 314 g/mol. The number of hydrogen-bond donors (Lipinski definition) is 1. The van der Waals surface area contributed by atoms with Gasteiger partial charge < -0.3 is 0 Å². The van der Waals surface area contributed by atoms with Gasteiger partial charge in [-0.1, -0.05) is 40.4 Å². The summed E-state index contributed by atoms with van der Waals surface area (Å²) >= 11 is 9.52. The van der Waals surface area contributed by atoms with E-state index in [-0.39, 0.29) is 0 Å². The van der Waals surface area contributed by atoms with E-state index in [9.17, 15) is 0 Å². The quantitative estimate of drug-likeness (QED) is 0.880. The number of aromatic nitrogens is 3. The molecule has 2 aromatic rings. The van der Waals surface area contributed by atoms with Crippen LogP contribution in [0.25, 0.3) is 11.4 Å². The van der Waals surface area contributed by atoms with Crippen molar-refractivity contribution >= 4 is 27.5 Å². The second-order valence-electron chi connectivity index (χ2n) is 4.65. The maximum absolute atomic E-state index is 6.01. The van der Waals surface area contributed by atoms with E-state index in [0.29, 0.717) is 16.8 Å². The van der Waals surface area contributed by atoms with Gasteiger partial charge in [0.15, 0.2) is 5.82 Å². The molecule has 1 N–H and O–H groups in total. The molecule has 0 aliphatic heterocycles. The molecule has 1 aromatic carbocycles. The van der Waals surface area contributed by atoms with Crippen LogP contribution >= 0.6 is 27.5 Å². The highest BCUT2D eigenvalue weighted by molar-refractivity contribution is 9.10. The van der Waals surface area contributed by atoms with Gasteiger partial charge in [0.1, 0.15) is 5.82 Å². The molecule has 3 nitrogen and oxygen atoms in total. The Labute approximate surface area is 119 Å². The van der Waals surface area contributed by atoms with Crippen LogP contribution in [-0.4, -0.2) is 15.2 Å². The molecule has 1 fully saturated rings. The highest BCUT2D eigenvalue weighted by Crippen LogP contribution is 2.34. The molecule has 1 aromatic heterocycles. The Bertz CT molecular complexity index is 561. The largest absolute Gasteiger partial charge is 0.262 e. The fourth-order valence-electron chi connectivity index (χ4n) is 2.45. The van der Waals surface area contributed by atoms with Gasteiger partial charge in [0.2, 0.25) is 0 Å². The first-order chi connectivity index (χ1) is 8.74. The number of H-pyrrole nitrogens is 1. The van der Waals surface area contributed by atoms with Crippen molar-refractivity contribution in [1.29, 1.82) is 0 Å². The first-order valence-corrected chi connectivity index (χ1v) is 7.29. The normalized spacial score (nSPS) is 16.3. The zero-order valence-corrected chi connectivity index (χ0v) is 12.1. The van der Waals surface area contributed by atoms with E-state index in [2.05, 4.69) is 31.1 Å². The van der Waals surface area contributed by atoms with Crippen molar-refractivity contribution in [2.24, 2.45) is 0 Å². The Balaban J connectivity index is 1.94. The Morgan fingerprint density at radius 1 is 1.28 bits per heavy atom. The molecular formula is C13H13BrClN3. The maximum atomic E-state index is 6.01. The lowest BCUT2D eigenvalue weighted by atomic mass is 10.1. The Kier molecular flexibility index (Phi) is 3.39. The van der Waals surface area contributed by atoms with Gasteiger partial charge in [-0.2, -0.15) is 5.10 Å². The highest BCUT2D eigenvalue weighted by atomic mass is 79.9. The van der Waals surface area contributed by atoms with Gasteiger partial charge in [0.05, 0.1) is 0 Å². The summed E-state index contributed by atoms with van der Waals surface area (Å²) in [6, 6.07) is 5.65. The van der Waals surface area contributed by atoms with Crippen molar-refractivity contribution in [3.05, 3.63) is 33.5 Å². The predicted molar refractivity (Wildman–Crippen MR) is 75.7 cm³/mol. The van der Waals surface area contributed by atoms with Gasteiger partial charge in [0, 0.05) is 21.0 Å². The highest BCUT2D eigenvalue weighted by Gasteiger charge is 2.21. The van der Waals surface area contributed by atoms with E-state index in [1.54, 1.807) is 0 Å². The maximum Gasteiger partial charge on any atom is 0.182 e. The molecule has 18 heavy (non-hydrogen) atoms. The SMILES string of the molecule is Clc1ccc(Br)c(-c2n[nH]c(C3CCCC3)n2)c1. The molecule has 1 aliphatic carbocycles. The predicted octanol–water partition coefficient (Wildman–Crippen LogP) is 4.55. The van der Waals surface area contributed by atoms with Gasteiger partial charge in [-0.15, -0.1) is 0 Å². The second-order valence-corrected chi connectivity index (χ2v) is 5.94. The van der Waals surface area contributed by atoms with Crippen LogP contribution in [0.2, 0.25) is 5.02 Å². The molecule has 1 aliphatic rings. The first-order valence-electron chi connectivity index (χ1n) is 6.12. The topological polar surface area (TPSA) is 41.6 Å². The zero-order chi connectivity index (χ0) is 12.5. The third kappa shape index (κ3) is 2.31. The summed E-state index contributed by atoms with van der Waals surface area (Å²) in [6.45, 7) is 0. The van der Waals surface area contributed by atoms with Crippen LogP contribution in [0.15, 0.2) is 22.7 Å². The summed E-state index contributed by atoms with van der Waals surface area (Å²) in [6.07, 6.45) is 5.01. The van der Waals surface area contributed by atoms with Gasteiger partial charge in [-0.3, -0.25) is 5.10 Å². The van der Waals surface area contributed by atoms with Crippen LogP contribution in [0.1, 0.15) is 37.4 Å². The monoisotopic (exact) mass is 325 g/mol. The van der Waals surface area contributed by atoms with Crippen molar-refractivity contribution in [2.75, 3.05) is 0 Å². The van der Waals surface area contributed by atoms with E-state index in [0.717, 1.165) is 15.9 Å². The summed E-state index contributed by atoms with van der Waals surface area (Å²) < 4.78 is 0.962. The standard InChI is InChI=1S/C13H13BrClN3/c14-11-6-5-9(15)7-10(11)13-16-12(17-18-13)8-3-1-2-4-8/h5-8H,1-4H2,(H,16,17,18). The molecule has 0 amide bonds. The van der Waals surface area contributed by atoms with Crippen LogP contribution in [0, 0.1) is 0 Å². The minimum atomic E-state index is 0.546. The number of nitrogens with one attached hydrogen (secondary N) is 1. The molecule has 1 heterocycles. The number of benzene rings is 1. The number of rotatable bonds is 2. The molecule has 5 heteroatoms. The van der Waals surface area contributed by atoms with Gasteiger partial charge in [0.25, 0.3) is 0 Å². The molecule has 1 saturated carbocycles. The number of halogens is 2. The van der Waals surface area contributed by atoms with E-state index in [4.69, 9.17) is 11.6 Å². The minimum Gasteiger partial charge on any atom is -0.262 e. The first kappa shape index (κ1) is 12.2. The van der Waals surface area contributed by atoms with Crippen molar-refractivity contribution in [2.45, 2.75) is 31.6 Å². The lowest BCUT2D eigenvalue weighted by Crippen LogP contribution is -1.94. The van der Waals surface area contributed by atoms with E-state index < -0.39 is 0 Å². The Morgan fingerprint density at radius 3 is 2.83 bits per heavy atom. The van der Waals surface area contributed by atoms with Crippen LogP contribution < -0.4 is 0 Å². The van der Waals surface area contributed by atoms with Crippen molar-refractivity contribution in [3.63, 3.8) is 0 Å². The average Bonchev–Trinajstić information content (AvgIpc) is 3.00. The molecule has 0 atom stereocenters. The van der Waals surface area contributed by atoms with Crippen LogP contribution in [-0.2, 0) is 0 Å². The number of aromatic amines is 1. The fourth-order valence-corrected chi connectivity index (χ4v) is 3.04. The summed E-state index contributed by atoms with van der Waals surface area (Å²) in [5.41, 5.74) is 0.933. The van der Waals surface area contributed by atoms with Crippen LogP contribution in [0.5, 0.6) is 0 Å². The van der Waals surface area contributed by atoms with E-state index in [1.807, 2.05) is 18.2 Å². The average molecular weight is 327 g/mol. The third-order valence-corrected chi connectivity index (χ3v) is 4.34. The fraction of sp³-hybridized carbons (Fsp3) is 0.385. The molecule has 0 spiro atoms. The molecule has 0 radical (unpaired) electrons. The molecule has 0 saturated heterocycles. The molecule has 0 bridgehead atoms.